The van der Waals surface area contributed by atoms with Crippen LogP contribution in [0.4, 0.5) is 16.2 Å². The fraction of sp³-hybridized carbons (Fsp3) is 0.176. The van der Waals surface area contributed by atoms with E-state index >= 15 is 0 Å². The molecule has 22 heavy (non-hydrogen) atoms. The molecule has 0 aromatic heterocycles. The molecule has 0 aliphatic heterocycles. The van der Waals surface area contributed by atoms with E-state index in [-0.39, 0.29) is 11.9 Å². The molecule has 0 saturated heterocycles. The molecule has 0 spiro atoms. The quantitative estimate of drug-likeness (QED) is 0.813. The Labute approximate surface area is 129 Å². The second-order valence-electron chi connectivity index (χ2n) is 4.98. The first kappa shape index (κ1) is 15.6. The van der Waals surface area contributed by atoms with Crippen molar-refractivity contribution >= 4 is 23.3 Å². The number of urea groups is 1. The van der Waals surface area contributed by atoms with E-state index in [1.807, 2.05) is 26.0 Å². The predicted octanol–water partition coefficient (Wildman–Crippen LogP) is 3.31. The smallest absolute Gasteiger partial charge is 0.318 e. The van der Waals surface area contributed by atoms with Crippen molar-refractivity contribution in [1.29, 1.82) is 0 Å². The van der Waals surface area contributed by atoms with Crippen LogP contribution >= 0.6 is 0 Å². The number of hydrogen-bond acceptors (Lipinski definition) is 2. The van der Waals surface area contributed by atoms with Gasteiger partial charge >= 0.3 is 6.03 Å². The fourth-order valence-corrected chi connectivity index (χ4v) is 2.03. The predicted molar refractivity (Wildman–Crippen MR) is 88.4 cm³/mol. The van der Waals surface area contributed by atoms with Crippen molar-refractivity contribution < 1.29 is 9.59 Å². The fourth-order valence-electron chi connectivity index (χ4n) is 2.03. The van der Waals surface area contributed by atoms with Crippen LogP contribution in [0.25, 0.3) is 0 Å². The summed E-state index contributed by atoms with van der Waals surface area (Å²) in [6.45, 7) is 3.91. The second kappa shape index (κ2) is 6.76. The number of rotatable bonds is 3. The molecular weight excluding hydrogens is 278 g/mol. The third kappa shape index (κ3) is 3.63. The van der Waals surface area contributed by atoms with Crippen molar-refractivity contribution in [2.75, 3.05) is 17.7 Å². The monoisotopic (exact) mass is 297 g/mol. The first-order valence-corrected chi connectivity index (χ1v) is 6.97. The van der Waals surface area contributed by atoms with Crippen LogP contribution in [0.2, 0.25) is 0 Å². The highest BCUT2D eigenvalue weighted by atomic mass is 16.2. The summed E-state index contributed by atoms with van der Waals surface area (Å²) >= 11 is 0. The molecule has 5 nitrogen and oxygen atoms in total. The zero-order chi connectivity index (χ0) is 16.1. The molecule has 0 fully saturated rings. The highest BCUT2D eigenvalue weighted by Gasteiger charge is 2.10. The lowest BCUT2D eigenvalue weighted by Gasteiger charge is -2.10. The number of hydrogen-bond donors (Lipinski definition) is 3. The summed E-state index contributed by atoms with van der Waals surface area (Å²) < 4.78 is 0. The molecule has 5 heteroatoms. The van der Waals surface area contributed by atoms with Gasteiger partial charge in [0.15, 0.2) is 0 Å². The molecule has 0 aliphatic rings. The molecular formula is C17H19N3O2. The molecule has 114 valence electrons. The number of carbonyl (C=O) groups excluding carboxylic acids is 2. The molecule has 0 aliphatic carbocycles. The van der Waals surface area contributed by atoms with Crippen LogP contribution in [0.3, 0.4) is 0 Å². The van der Waals surface area contributed by atoms with Crippen LogP contribution in [0, 0.1) is 13.8 Å². The molecule has 3 amide bonds. The van der Waals surface area contributed by atoms with Gasteiger partial charge in [-0.15, -0.1) is 0 Å². The van der Waals surface area contributed by atoms with Crippen molar-refractivity contribution in [2.24, 2.45) is 0 Å². The Bertz CT molecular complexity index is 694. The number of amides is 3. The number of anilines is 2. The maximum atomic E-state index is 12.3. The molecule has 0 heterocycles. The van der Waals surface area contributed by atoms with Crippen LogP contribution in [0.5, 0.6) is 0 Å². The van der Waals surface area contributed by atoms with Gasteiger partial charge in [0.1, 0.15) is 0 Å². The first-order valence-electron chi connectivity index (χ1n) is 6.97. The van der Waals surface area contributed by atoms with E-state index in [1.54, 1.807) is 37.4 Å². The number of carbonyl (C=O) groups is 2. The minimum Gasteiger partial charge on any atom is -0.341 e. The topological polar surface area (TPSA) is 70.2 Å². The van der Waals surface area contributed by atoms with Gasteiger partial charge in [0.05, 0.1) is 0 Å². The van der Waals surface area contributed by atoms with Gasteiger partial charge in [-0.3, -0.25) is 4.79 Å². The number of nitrogens with one attached hydrogen (secondary N) is 3. The Morgan fingerprint density at radius 2 is 1.45 bits per heavy atom. The standard InChI is InChI=1S/C17H19N3O2/c1-11-5-4-6-15(12(11)2)16(21)19-13-7-9-14(10-8-13)20-17(22)18-3/h4-10H,1-3H3,(H,19,21)(H2,18,20,22). The van der Waals surface area contributed by atoms with Gasteiger partial charge in [-0.1, -0.05) is 12.1 Å². The van der Waals surface area contributed by atoms with Gasteiger partial charge in [-0.05, 0) is 55.3 Å². The van der Waals surface area contributed by atoms with E-state index in [2.05, 4.69) is 16.0 Å². The highest BCUT2D eigenvalue weighted by Crippen LogP contribution is 2.17. The molecule has 0 atom stereocenters. The maximum absolute atomic E-state index is 12.3. The van der Waals surface area contributed by atoms with E-state index in [0.717, 1.165) is 11.1 Å². The molecule has 2 rings (SSSR count). The van der Waals surface area contributed by atoms with Gasteiger partial charge in [-0.25, -0.2) is 4.79 Å². The maximum Gasteiger partial charge on any atom is 0.318 e. The lowest BCUT2D eigenvalue weighted by molar-refractivity contribution is 0.102. The van der Waals surface area contributed by atoms with Crippen molar-refractivity contribution in [3.63, 3.8) is 0 Å². The molecule has 2 aromatic carbocycles. The Kier molecular flexibility index (Phi) is 4.78. The molecule has 0 unspecified atom stereocenters. The lowest BCUT2D eigenvalue weighted by atomic mass is 10.0. The SMILES string of the molecule is CNC(=O)Nc1ccc(NC(=O)c2cccc(C)c2C)cc1. The molecule has 2 aromatic rings. The summed E-state index contributed by atoms with van der Waals surface area (Å²) in [6, 6.07) is 12.3. The Balaban J connectivity index is 2.09. The van der Waals surface area contributed by atoms with Crippen molar-refractivity contribution in [1.82, 2.24) is 5.32 Å². The van der Waals surface area contributed by atoms with Gasteiger partial charge in [-0.2, -0.15) is 0 Å². The van der Waals surface area contributed by atoms with Crippen molar-refractivity contribution in [3.8, 4) is 0 Å². The van der Waals surface area contributed by atoms with Crippen LogP contribution in [-0.2, 0) is 0 Å². The Morgan fingerprint density at radius 1 is 0.864 bits per heavy atom. The summed E-state index contributed by atoms with van der Waals surface area (Å²) in [4.78, 5) is 23.5. The average molecular weight is 297 g/mol. The van der Waals surface area contributed by atoms with Crippen LogP contribution in [0.15, 0.2) is 42.5 Å². The average Bonchev–Trinajstić information content (AvgIpc) is 2.51. The zero-order valence-corrected chi connectivity index (χ0v) is 12.9. The van der Waals surface area contributed by atoms with Gasteiger partial charge in [0.2, 0.25) is 0 Å². The van der Waals surface area contributed by atoms with Crippen LogP contribution in [0.1, 0.15) is 21.5 Å². The second-order valence-corrected chi connectivity index (χ2v) is 4.98. The minimum absolute atomic E-state index is 0.145. The third-order valence-corrected chi connectivity index (χ3v) is 3.48. The van der Waals surface area contributed by atoms with Crippen molar-refractivity contribution in [3.05, 3.63) is 59.2 Å². The number of benzene rings is 2. The normalized spacial score (nSPS) is 9.95. The summed E-state index contributed by atoms with van der Waals surface area (Å²) in [5, 5.41) is 7.98. The lowest BCUT2D eigenvalue weighted by Crippen LogP contribution is -2.24. The highest BCUT2D eigenvalue weighted by molar-refractivity contribution is 6.05. The molecule has 0 bridgehead atoms. The first-order chi connectivity index (χ1) is 10.5. The van der Waals surface area contributed by atoms with E-state index < -0.39 is 0 Å². The van der Waals surface area contributed by atoms with Gasteiger partial charge in [0, 0.05) is 24.0 Å². The summed E-state index contributed by atoms with van der Waals surface area (Å²) in [7, 11) is 1.55. The minimum atomic E-state index is -0.285. The summed E-state index contributed by atoms with van der Waals surface area (Å²) in [5.74, 6) is -0.145. The largest absolute Gasteiger partial charge is 0.341 e. The zero-order valence-electron chi connectivity index (χ0n) is 12.9. The van der Waals surface area contributed by atoms with Gasteiger partial charge < -0.3 is 16.0 Å². The van der Waals surface area contributed by atoms with Gasteiger partial charge in [0.25, 0.3) is 5.91 Å². The van der Waals surface area contributed by atoms with E-state index in [0.29, 0.717) is 16.9 Å². The summed E-state index contributed by atoms with van der Waals surface area (Å²) in [5.41, 5.74) is 4.04. The molecule has 3 N–H and O–H groups in total. The van der Waals surface area contributed by atoms with Crippen molar-refractivity contribution in [2.45, 2.75) is 13.8 Å². The molecule has 0 radical (unpaired) electrons. The Hall–Kier alpha value is -2.82. The third-order valence-electron chi connectivity index (χ3n) is 3.48. The van der Waals surface area contributed by atoms with Crippen LogP contribution < -0.4 is 16.0 Å². The molecule has 0 saturated carbocycles. The Morgan fingerprint density at radius 3 is 2.05 bits per heavy atom. The van der Waals surface area contributed by atoms with E-state index in [9.17, 15) is 9.59 Å². The summed E-state index contributed by atoms with van der Waals surface area (Å²) in [6.07, 6.45) is 0. The number of aryl methyl sites for hydroxylation is 1. The van der Waals surface area contributed by atoms with E-state index in [4.69, 9.17) is 0 Å². The van der Waals surface area contributed by atoms with Crippen LogP contribution in [-0.4, -0.2) is 19.0 Å². The van der Waals surface area contributed by atoms with E-state index in [1.165, 1.54) is 0 Å².